The van der Waals surface area contributed by atoms with Gasteiger partial charge in [0.25, 0.3) is 0 Å². The summed E-state index contributed by atoms with van der Waals surface area (Å²) in [6.07, 6.45) is 1.98. The molecule has 0 amide bonds. The molecule has 0 heterocycles. The van der Waals surface area contributed by atoms with Crippen LogP contribution in [0, 0.1) is 5.41 Å². The highest BCUT2D eigenvalue weighted by molar-refractivity contribution is 5.91. The molecule has 0 atom stereocenters. The molecule has 1 N–H and O–H groups in total. The van der Waals surface area contributed by atoms with Crippen molar-refractivity contribution < 1.29 is 24.2 Å². The molecule has 0 aromatic heterocycles. The summed E-state index contributed by atoms with van der Waals surface area (Å²) in [6.45, 7) is 5.74. The molecule has 0 aliphatic rings. The third-order valence-corrected chi connectivity index (χ3v) is 1.34. The number of esters is 2. The predicted molar refractivity (Wildman–Crippen MR) is 57.6 cm³/mol. The monoisotopic (exact) mass is 230 g/mol. The Morgan fingerprint density at radius 3 is 2.06 bits per heavy atom. The summed E-state index contributed by atoms with van der Waals surface area (Å²) in [6, 6.07) is 0. The summed E-state index contributed by atoms with van der Waals surface area (Å²) in [5, 5.41) is 8.37. The average molecular weight is 230 g/mol. The van der Waals surface area contributed by atoms with Gasteiger partial charge in [0.15, 0.2) is 0 Å². The van der Waals surface area contributed by atoms with E-state index >= 15 is 0 Å². The molecule has 0 aromatic carbocycles. The smallest absolute Gasteiger partial charge is 0.331 e. The van der Waals surface area contributed by atoms with Gasteiger partial charge in [-0.15, -0.1) is 0 Å². The molecule has 16 heavy (non-hydrogen) atoms. The van der Waals surface area contributed by atoms with Crippen molar-refractivity contribution in [2.24, 2.45) is 5.41 Å². The van der Waals surface area contributed by atoms with E-state index in [1.54, 1.807) is 0 Å². The highest BCUT2D eigenvalue weighted by Crippen LogP contribution is 2.12. The lowest BCUT2D eigenvalue weighted by atomic mass is 9.99. The predicted octanol–water partition coefficient (Wildman–Crippen LogP) is 0.667. The summed E-state index contributed by atoms with van der Waals surface area (Å²) >= 11 is 0. The molecule has 0 radical (unpaired) electrons. The first-order chi connectivity index (χ1) is 7.35. The summed E-state index contributed by atoms with van der Waals surface area (Å²) in [4.78, 5) is 22.0. The summed E-state index contributed by atoms with van der Waals surface area (Å²) in [7, 11) is 0. The van der Waals surface area contributed by atoms with Crippen molar-refractivity contribution >= 4 is 11.9 Å². The molecule has 0 aliphatic carbocycles. The normalized spacial score (nSPS) is 11.5. The van der Waals surface area contributed by atoms with Crippen LogP contribution in [0.4, 0.5) is 0 Å². The lowest BCUT2D eigenvalue weighted by Gasteiger charge is -2.16. The van der Waals surface area contributed by atoms with Gasteiger partial charge in [-0.1, -0.05) is 20.8 Å². The Labute approximate surface area is 95.0 Å². The molecular formula is C11H18O5. The molecule has 0 rings (SSSR count). The van der Waals surface area contributed by atoms with Gasteiger partial charge in [0, 0.05) is 12.2 Å². The first-order valence-corrected chi connectivity index (χ1v) is 4.97. The number of ether oxygens (including phenoxy) is 2. The Hall–Kier alpha value is -1.36. The first-order valence-electron chi connectivity index (χ1n) is 4.97. The molecule has 0 saturated carbocycles. The minimum Gasteiger partial charge on any atom is -0.462 e. The van der Waals surface area contributed by atoms with Crippen molar-refractivity contribution in [2.75, 3.05) is 19.8 Å². The van der Waals surface area contributed by atoms with Crippen molar-refractivity contribution in [1.82, 2.24) is 0 Å². The van der Waals surface area contributed by atoms with Gasteiger partial charge in [-0.3, -0.25) is 0 Å². The van der Waals surface area contributed by atoms with E-state index in [1.807, 2.05) is 20.8 Å². The van der Waals surface area contributed by atoms with Crippen LogP contribution in [-0.4, -0.2) is 36.9 Å². The van der Waals surface area contributed by atoms with Crippen LogP contribution in [0.1, 0.15) is 20.8 Å². The van der Waals surface area contributed by atoms with Gasteiger partial charge in [-0.2, -0.15) is 0 Å². The lowest BCUT2D eigenvalue weighted by molar-refractivity contribution is -0.142. The Balaban J connectivity index is 3.86. The van der Waals surface area contributed by atoms with Crippen LogP contribution in [0.25, 0.3) is 0 Å². The molecule has 92 valence electrons. The van der Waals surface area contributed by atoms with E-state index in [0.29, 0.717) is 0 Å². The van der Waals surface area contributed by atoms with Crippen LogP contribution in [0.5, 0.6) is 0 Å². The molecule has 0 fully saturated rings. The van der Waals surface area contributed by atoms with Crippen molar-refractivity contribution in [3.8, 4) is 0 Å². The van der Waals surface area contributed by atoms with Gasteiger partial charge in [0.1, 0.15) is 6.61 Å². The lowest BCUT2D eigenvalue weighted by Crippen LogP contribution is -2.17. The van der Waals surface area contributed by atoms with E-state index in [1.165, 1.54) is 0 Å². The zero-order valence-electron chi connectivity index (χ0n) is 9.86. The topological polar surface area (TPSA) is 72.8 Å². The Kier molecular flexibility index (Phi) is 6.41. The summed E-state index contributed by atoms with van der Waals surface area (Å²) in [5.41, 5.74) is -0.110. The van der Waals surface area contributed by atoms with Crippen LogP contribution >= 0.6 is 0 Å². The minimum absolute atomic E-state index is 0.0831. The van der Waals surface area contributed by atoms with E-state index in [4.69, 9.17) is 9.84 Å². The van der Waals surface area contributed by atoms with Crippen molar-refractivity contribution in [2.45, 2.75) is 20.8 Å². The SMILES string of the molecule is CC(C)(C)COC(=O)/C=C/C(=O)OCCO. The fraction of sp³-hybridized carbons (Fsp3) is 0.636. The fourth-order valence-electron chi connectivity index (χ4n) is 0.666. The second-order valence-electron chi connectivity index (χ2n) is 4.39. The second kappa shape index (κ2) is 7.00. The van der Waals surface area contributed by atoms with Gasteiger partial charge in [0.2, 0.25) is 0 Å². The average Bonchev–Trinajstić information content (AvgIpc) is 2.19. The number of carbonyl (C=O) groups is 2. The number of carbonyl (C=O) groups excluding carboxylic acids is 2. The van der Waals surface area contributed by atoms with Crippen LogP contribution in [0.15, 0.2) is 12.2 Å². The van der Waals surface area contributed by atoms with Gasteiger partial charge < -0.3 is 14.6 Å². The van der Waals surface area contributed by atoms with Crippen LogP contribution < -0.4 is 0 Å². The first kappa shape index (κ1) is 14.6. The maximum Gasteiger partial charge on any atom is 0.331 e. The molecule has 0 unspecified atom stereocenters. The third-order valence-electron chi connectivity index (χ3n) is 1.34. The molecule has 0 saturated heterocycles. The van der Waals surface area contributed by atoms with Crippen LogP contribution in [0.3, 0.4) is 0 Å². The zero-order chi connectivity index (χ0) is 12.6. The third kappa shape index (κ3) is 9.21. The van der Waals surface area contributed by atoms with Crippen molar-refractivity contribution in [3.63, 3.8) is 0 Å². The van der Waals surface area contributed by atoms with Crippen LogP contribution in [-0.2, 0) is 19.1 Å². The summed E-state index contributed by atoms with van der Waals surface area (Å²) < 4.78 is 9.38. The molecule has 0 spiro atoms. The number of hydrogen-bond acceptors (Lipinski definition) is 5. The Morgan fingerprint density at radius 2 is 1.62 bits per heavy atom. The van der Waals surface area contributed by atoms with Gasteiger partial charge >= 0.3 is 11.9 Å². The van der Waals surface area contributed by atoms with Gasteiger partial charge in [0.05, 0.1) is 13.2 Å². The standard InChI is InChI=1S/C11H18O5/c1-11(2,3)8-16-10(14)5-4-9(13)15-7-6-12/h4-5,12H,6-8H2,1-3H3/b5-4+. The fourth-order valence-corrected chi connectivity index (χ4v) is 0.666. The number of rotatable bonds is 5. The highest BCUT2D eigenvalue weighted by Gasteiger charge is 2.12. The van der Waals surface area contributed by atoms with E-state index < -0.39 is 11.9 Å². The highest BCUT2D eigenvalue weighted by atomic mass is 16.5. The van der Waals surface area contributed by atoms with Crippen LogP contribution in [0.2, 0.25) is 0 Å². The molecular weight excluding hydrogens is 212 g/mol. The Bertz CT molecular complexity index is 262. The number of hydrogen-bond donors (Lipinski definition) is 1. The maximum absolute atomic E-state index is 11.1. The van der Waals surface area contributed by atoms with E-state index in [-0.39, 0.29) is 25.2 Å². The molecule has 0 aliphatic heterocycles. The maximum atomic E-state index is 11.1. The van der Waals surface area contributed by atoms with Gasteiger partial charge in [-0.05, 0) is 5.41 Å². The van der Waals surface area contributed by atoms with E-state index in [2.05, 4.69) is 4.74 Å². The molecule has 5 nitrogen and oxygen atoms in total. The minimum atomic E-state index is -0.679. The molecule has 0 bridgehead atoms. The molecule has 0 aromatic rings. The number of aliphatic hydroxyl groups excluding tert-OH is 1. The van der Waals surface area contributed by atoms with Crippen molar-refractivity contribution in [1.29, 1.82) is 0 Å². The quantitative estimate of drug-likeness (QED) is 0.555. The van der Waals surface area contributed by atoms with Crippen molar-refractivity contribution in [3.05, 3.63) is 12.2 Å². The number of aliphatic hydroxyl groups is 1. The summed E-state index contributed by atoms with van der Waals surface area (Å²) in [5.74, 6) is -1.27. The largest absolute Gasteiger partial charge is 0.462 e. The zero-order valence-corrected chi connectivity index (χ0v) is 9.86. The Morgan fingerprint density at radius 1 is 1.12 bits per heavy atom. The second-order valence-corrected chi connectivity index (χ2v) is 4.39. The van der Waals surface area contributed by atoms with E-state index in [9.17, 15) is 9.59 Å². The van der Waals surface area contributed by atoms with Gasteiger partial charge in [-0.25, -0.2) is 9.59 Å². The van der Waals surface area contributed by atoms with E-state index in [0.717, 1.165) is 12.2 Å². The molecule has 5 heteroatoms.